The van der Waals surface area contributed by atoms with Crippen molar-refractivity contribution < 1.29 is 0 Å². The number of halogens is 2. The normalized spacial score (nSPS) is 10.5. The van der Waals surface area contributed by atoms with Crippen LogP contribution in [0.25, 0.3) is 0 Å². The molecule has 0 aliphatic carbocycles. The molecule has 0 spiro atoms. The Morgan fingerprint density at radius 2 is 1.71 bits per heavy atom. The number of rotatable bonds is 4. The molecule has 0 fully saturated rings. The molecule has 8 heteroatoms. The first-order chi connectivity index (χ1) is 11.5. The summed E-state index contributed by atoms with van der Waals surface area (Å²) in [4.78, 5) is 12.5. The number of hydrogen-bond acceptors (Lipinski definition) is 6. The van der Waals surface area contributed by atoms with Crippen LogP contribution in [0.3, 0.4) is 0 Å². The SMILES string of the molecule is Cc1ccnc(Nc2ncnc(Nc3cc(Cl)ccc3Cl)c2N)c1. The maximum Gasteiger partial charge on any atom is 0.160 e. The lowest BCUT2D eigenvalue weighted by Gasteiger charge is -2.13. The Labute approximate surface area is 149 Å². The lowest BCUT2D eigenvalue weighted by molar-refractivity contribution is 1.16. The second kappa shape index (κ2) is 6.90. The van der Waals surface area contributed by atoms with E-state index in [4.69, 9.17) is 28.9 Å². The molecule has 2 heterocycles. The van der Waals surface area contributed by atoms with E-state index >= 15 is 0 Å². The van der Waals surface area contributed by atoms with Crippen molar-refractivity contribution in [3.8, 4) is 0 Å². The van der Waals surface area contributed by atoms with E-state index in [9.17, 15) is 0 Å². The van der Waals surface area contributed by atoms with Gasteiger partial charge in [0.05, 0.1) is 10.7 Å². The third kappa shape index (κ3) is 3.67. The van der Waals surface area contributed by atoms with Crippen LogP contribution in [0.1, 0.15) is 5.56 Å². The summed E-state index contributed by atoms with van der Waals surface area (Å²) in [7, 11) is 0. The highest BCUT2D eigenvalue weighted by molar-refractivity contribution is 6.35. The fourth-order valence-corrected chi connectivity index (χ4v) is 2.38. The topological polar surface area (TPSA) is 88.8 Å². The Morgan fingerprint density at radius 3 is 2.46 bits per heavy atom. The van der Waals surface area contributed by atoms with Crippen LogP contribution < -0.4 is 16.4 Å². The van der Waals surface area contributed by atoms with Gasteiger partial charge >= 0.3 is 0 Å². The molecule has 0 atom stereocenters. The second-order valence-corrected chi connectivity index (χ2v) is 5.92. The Balaban J connectivity index is 1.89. The van der Waals surface area contributed by atoms with Crippen molar-refractivity contribution in [3.05, 3.63) is 58.5 Å². The Bertz CT molecular complexity index is 884. The van der Waals surface area contributed by atoms with Crippen LogP contribution in [0.4, 0.5) is 28.8 Å². The van der Waals surface area contributed by atoms with Gasteiger partial charge in [0.15, 0.2) is 11.6 Å². The Kier molecular flexibility index (Phi) is 4.69. The van der Waals surface area contributed by atoms with Crippen LogP contribution in [-0.4, -0.2) is 15.0 Å². The molecule has 2 aromatic heterocycles. The minimum Gasteiger partial charge on any atom is -0.393 e. The van der Waals surface area contributed by atoms with Gasteiger partial charge in [0.2, 0.25) is 0 Å². The molecule has 0 amide bonds. The monoisotopic (exact) mass is 360 g/mol. The fourth-order valence-electron chi connectivity index (χ4n) is 2.04. The average Bonchev–Trinajstić information content (AvgIpc) is 2.55. The van der Waals surface area contributed by atoms with Crippen LogP contribution in [-0.2, 0) is 0 Å². The van der Waals surface area contributed by atoms with Gasteiger partial charge in [-0.3, -0.25) is 0 Å². The van der Waals surface area contributed by atoms with E-state index in [0.717, 1.165) is 5.56 Å². The van der Waals surface area contributed by atoms with Gasteiger partial charge in [-0.25, -0.2) is 15.0 Å². The number of anilines is 5. The number of aromatic nitrogens is 3. The summed E-state index contributed by atoms with van der Waals surface area (Å²) in [6, 6.07) is 8.89. The van der Waals surface area contributed by atoms with E-state index in [1.165, 1.54) is 6.33 Å². The van der Waals surface area contributed by atoms with Crippen molar-refractivity contribution in [1.29, 1.82) is 0 Å². The summed E-state index contributed by atoms with van der Waals surface area (Å²) in [5, 5.41) is 7.20. The minimum atomic E-state index is 0.344. The van der Waals surface area contributed by atoms with Gasteiger partial charge in [-0.15, -0.1) is 0 Å². The first-order valence-electron chi connectivity index (χ1n) is 7.05. The van der Waals surface area contributed by atoms with Gasteiger partial charge in [0, 0.05) is 11.2 Å². The third-order valence-corrected chi connectivity index (χ3v) is 3.79. The van der Waals surface area contributed by atoms with Crippen LogP contribution in [0.5, 0.6) is 0 Å². The van der Waals surface area contributed by atoms with Crippen molar-refractivity contribution in [3.63, 3.8) is 0 Å². The molecule has 0 saturated heterocycles. The molecule has 3 rings (SSSR count). The first-order valence-corrected chi connectivity index (χ1v) is 7.81. The molecule has 0 radical (unpaired) electrons. The maximum atomic E-state index is 6.15. The lowest BCUT2D eigenvalue weighted by atomic mass is 10.3. The molecule has 6 nitrogen and oxygen atoms in total. The summed E-state index contributed by atoms with van der Waals surface area (Å²) in [6.07, 6.45) is 3.11. The standard InChI is InChI=1S/C16H14Cl2N6/c1-9-4-5-20-13(6-9)24-16-14(19)15(21-8-22-16)23-12-7-10(17)2-3-11(12)18/h2-8H,19H2,1H3,(H2,20,21,22,23,24). The number of aryl methyl sites for hydroxylation is 1. The van der Waals surface area contributed by atoms with E-state index in [-0.39, 0.29) is 0 Å². The highest BCUT2D eigenvalue weighted by Gasteiger charge is 2.11. The zero-order valence-corrected chi connectivity index (χ0v) is 14.2. The van der Waals surface area contributed by atoms with E-state index in [1.54, 1.807) is 24.4 Å². The summed E-state index contributed by atoms with van der Waals surface area (Å²) >= 11 is 12.1. The second-order valence-electron chi connectivity index (χ2n) is 5.08. The first kappa shape index (κ1) is 16.3. The maximum absolute atomic E-state index is 6.15. The van der Waals surface area contributed by atoms with Gasteiger partial charge < -0.3 is 16.4 Å². The van der Waals surface area contributed by atoms with Crippen LogP contribution in [0, 0.1) is 6.92 Å². The van der Waals surface area contributed by atoms with Gasteiger partial charge in [0.25, 0.3) is 0 Å². The number of nitrogens with two attached hydrogens (primary N) is 1. The zero-order chi connectivity index (χ0) is 17.1. The summed E-state index contributed by atoms with van der Waals surface area (Å²) in [5.74, 6) is 1.51. The fraction of sp³-hybridized carbons (Fsp3) is 0.0625. The van der Waals surface area contributed by atoms with Gasteiger partial charge in [-0.2, -0.15) is 0 Å². The predicted molar refractivity (Wildman–Crippen MR) is 98.4 cm³/mol. The third-order valence-electron chi connectivity index (χ3n) is 3.23. The summed E-state index contributed by atoms with van der Waals surface area (Å²) < 4.78 is 0. The van der Waals surface area contributed by atoms with Gasteiger partial charge in [-0.1, -0.05) is 23.2 Å². The van der Waals surface area contributed by atoms with E-state index in [1.807, 2.05) is 19.1 Å². The summed E-state index contributed by atoms with van der Waals surface area (Å²) in [5.41, 5.74) is 8.17. The van der Waals surface area contributed by atoms with Gasteiger partial charge in [0.1, 0.15) is 17.8 Å². The lowest BCUT2D eigenvalue weighted by Crippen LogP contribution is -2.06. The largest absolute Gasteiger partial charge is 0.393 e. The van der Waals surface area contributed by atoms with Crippen LogP contribution >= 0.6 is 23.2 Å². The van der Waals surface area contributed by atoms with Crippen LogP contribution in [0.2, 0.25) is 10.0 Å². The number of benzene rings is 1. The minimum absolute atomic E-state index is 0.344. The molecule has 1 aromatic carbocycles. The van der Waals surface area contributed by atoms with Crippen molar-refractivity contribution >= 4 is 52.0 Å². The molecule has 0 aliphatic heterocycles. The molecule has 122 valence electrons. The predicted octanol–water partition coefficient (Wildman–Crippen LogP) is 4.56. The molecule has 4 N–H and O–H groups in total. The van der Waals surface area contributed by atoms with E-state index in [0.29, 0.717) is 38.9 Å². The van der Waals surface area contributed by atoms with E-state index < -0.39 is 0 Å². The summed E-state index contributed by atoms with van der Waals surface area (Å²) in [6.45, 7) is 1.98. The smallest absolute Gasteiger partial charge is 0.160 e. The quantitative estimate of drug-likeness (QED) is 0.632. The molecule has 0 aliphatic rings. The molecule has 0 unspecified atom stereocenters. The molecule has 0 bridgehead atoms. The van der Waals surface area contributed by atoms with E-state index in [2.05, 4.69) is 25.6 Å². The average molecular weight is 361 g/mol. The number of hydrogen-bond donors (Lipinski definition) is 3. The van der Waals surface area contributed by atoms with Crippen molar-refractivity contribution in [2.45, 2.75) is 6.92 Å². The van der Waals surface area contributed by atoms with Crippen molar-refractivity contribution in [2.75, 3.05) is 16.4 Å². The Hall–Kier alpha value is -2.57. The molecular formula is C16H14Cl2N6. The van der Waals surface area contributed by atoms with Gasteiger partial charge in [-0.05, 0) is 42.8 Å². The molecule has 0 saturated carbocycles. The Morgan fingerprint density at radius 1 is 0.958 bits per heavy atom. The van der Waals surface area contributed by atoms with Crippen LogP contribution in [0.15, 0.2) is 42.9 Å². The highest BCUT2D eigenvalue weighted by Crippen LogP contribution is 2.32. The number of pyridine rings is 1. The zero-order valence-electron chi connectivity index (χ0n) is 12.7. The molecular weight excluding hydrogens is 347 g/mol. The number of nitrogens with one attached hydrogen (secondary N) is 2. The number of nitrogen functional groups attached to an aromatic ring is 1. The van der Waals surface area contributed by atoms with Crippen molar-refractivity contribution in [1.82, 2.24) is 15.0 Å². The molecule has 24 heavy (non-hydrogen) atoms. The highest BCUT2D eigenvalue weighted by atomic mass is 35.5. The molecule has 3 aromatic rings. The number of nitrogens with zero attached hydrogens (tertiary/aromatic N) is 3. The van der Waals surface area contributed by atoms with Crippen molar-refractivity contribution in [2.24, 2.45) is 0 Å².